The van der Waals surface area contributed by atoms with Crippen LogP contribution in [0, 0.1) is 33.1 Å². The summed E-state index contributed by atoms with van der Waals surface area (Å²) in [5.74, 6) is -1.62. The normalized spacial score (nSPS) is 14.3. The SMILES string of the molecule is CC(C)(C)[S@@+]([O-])NC(C#N)C[C@@H](Nc1cc(Cl)c(F)cc1[N+](=O)[O-])c1c(F)cccc1Br. The second kappa shape index (κ2) is 10.8. The lowest BCUT2D eigenvalue weighted by atomic mass is 9.99. The van der Waals surface area contributed by atoms with Crippen LogP contribution in [0.25, 0.3) is 0 Å². The van der Waals surface area contributed by atoms with Crippen molar-refractivity contribution in [3.8, 4) is 6.07 Å². The standard InChI is InChI=1S/C20H20BrClF2N4O3S/c1-20(2,3)32(31)27-11(10-25)7-17(19-12(21)5-4-6-14(19)23)26-16-8-13(22)15(24)9-18(16)28(29)30/h4-6,8-9,11,17,26-27H,7H2,1-3H3/t11?,17-,32-/m1/s1. The van der Waals surface area contributed by atoms with Crippen LogP contribution in [0.4, 0.5) is 20.2 Å². The lowest BCUT2D eigenvalue weighted by Crippen LogP contribution is -2.45. The van der Waals surface area contributed by atoms with Crippen LogP contribution in [0.2, 0.25) is 5.02 Å². The molecule has 0 aromatic heterocycles. The lowest BCUT2D eigenvalue weighted by molar-refractivity contribution is -0.384. The van der Waals surface area contributed by atoms with Crippen LogP contribution in [0.3, 0.4) is 0 Å². The summed E-state index contributed by atoms with van der Waals surface area (Å²) in [6.45, 7) is 5.16. The Labute approximate surface area is 200 Å². The van der Waals surface area contributed by atoms with Crippen molar-refractivity contribution >= 4 is 50.3 Å². The minimum absolute atomic E-state index is 0.0887. The Hall–Kier alpha value is -1.97. The summed E-state index contributed by atoms with van der Waals surface area (Å²) in [4.78, 5) is 10.6. The highest BCUT2D eigenvalue weighted by Gasteiger charge is 2.32. The van der Waals surface area contributed by atoms with E-state index >= 15 is 0 Å². The molecule has 1 unspecified atom stereocenters. The van der Waals surface area contributed by atoms with Gasteiger partial charge in [0.05, 0.1) is 28.1 Å². The van der Waals surface area contributed by atoms with Crippen molar-refractivity contribution in [3.63, 3.8) is 0 Å². The van der Waals surface area contributed by atoms with Crippen molar-refractivity contribution in [1.29, 1.82) is 5.26 Å². The smallest absolute Gasteiger partial charge is 0.295 e. The van der Waals surface area contributed by atoms with Crippen LogP contribution in [0.15, 0.2) is 34.8 Å². The molecule has 0 amide bonds. The summed E-state index contributed by atoms with van der Waals surface area (Å²) >= 11 is 7.47. The molecule has 2 aromatic carbocycles. The van der Waals surface area contributed by atoms with Gasteiger partial charge < -0.3 is 9.87 Å². The molecule has 0 spiro atoms. The molecule has 2 N–H and O–H groups in total. The summed E-state index contributed by atoms with van der Waals surface area (Å²) < 4.78 is 43.4. The molecule has 0 saturated heterocycles. The van der Waals surface area contributed by atoms with Crippen molar-refractivity contribution in [1.82, 2.24) is 4.72 Å². The Morgan fingerprint density at radius 3 is 2.50 bits per heavy atom. The van der Waals surface area contributed by atoms with E-state index in [1.54, 1.807) is 26.8 Å². The first-order chi connectivity index (χ1) is 14.8. The van der Waals surface area contributed by atoms with Gasteiger partial charge in [0.1, 0.15) is 28.1 Å². The average molecular weight is 550 g/mol. The number of nitro benzene ring substituents is 1. The van der Waals surface area contributed by atoms with Crippen LogP contribution in [0.5, 0.6) is 0 Å². The fourth-order valence-electron chi connectivity index (χ4n) is 2.75. The second-order valence-corrected chi connectivity index (χ2v) is 11.0. The highest BCUT2D eigenvalue weighted by atomic mass is 79.9. The van der Waals surface area contributed by atoms with E-state index in [0.29, 0.717) is 10.5 Å². The molecule has 0 heterocycles. The third kappa shape index (κ3) is 6.52. The highest BCUT2D eigenvalue weighted by Crippen LogP contribution is 2.37. The third-order valence-electron chi connectivity index (χ3n) is 4.35. The monoisotopic (exact) mass is 548 g/mol. The molecule has 0 aliphatic rings. The molecule has 0 bridgehead atoms. The lowest BCUT2D eigenvalue weighted by Gasteiger charge is -2.28. The number of nitrogens with zero attached hydrogens (tertiary/aromatic N) is 2. The number of hydrogen-bond acceptors (Lipinski definition) is 6. The minimum Gasteiger partial charge on any atom is -0.598 e. The minimum atomic E-state index is -1.60. The zero-order valence-electron chi connectivity index (χ0n) is 17.3. The van der Waals surface area contributed by atoms with E-state index in [1.807, 2.05) is 6.07 Å². The topological polar surface area (TPSA) is 114 Å². The summed E-state index contributed by atoms with van der Waals surface area (Å²) in [6, 6.07) is 5.90. The Bertz CT molecular complexity index is 1030. The molecule has 12 heteroatoms. The van der Waals surface area contributed by atoms with E-state index in [9.17, 15) is 28.7 Å². The first kappa shape index (κ1) is 26.3. The van der Waals surface area contributed by atoms with Crippen LogP contribution in [0.1, 0.15) is 38.8 Å². The maximum absolute atomic E-state index is 14.8. The average Bonchev–Trinajstić information content (AvgIpc) is 2.68. The highest BCUT2D eigenvalue weighted by molar-refractivity contribution is 9.10. The quantitative estimate of drug-likeness (QED) is 0.245. The molecule has 0 radical (unpaired) electrons. The molecule has 0 aliphatic heterocycles. The summed E-state index contributed by atoms with van der Waals surface area (Å²) in [5.41, 5.74) is -0.676. The van der Waals surface area contributed by atoms with Crippen molar-refractivity contribution in [2.24, 2.45) is 0 Å². The molecule has 172 valence electrons. The van der Waals surface area contributed by atoms with E-state index in [2.05, 4.69) is 26.0 Å². The summed E-state index contributed by atoms with van der Waals surface area (Å²) in [7, 11) is 0. The molecule has 0 aliphatic carbocycles. The summed E-state index contributed by atoms with van der Waals surface area (Å²) in [6.07, 6.45) is -0.121. The zero-order chi connectivity index (χ0) is 24.2. The number of benzene rings is 2. The molecule has 2 aromatic rings. The first-order valence-corrected chi connectivity index (χ1v) is 11.6. The molecular weight excluding hydrogens is 530 g/mol. The molecule has 32 heavy (non-hydrogen) atoms. The molecule has 0 fully saturated rings. The van der Waals surface area contributed by atoms with Gasteiger partial charge in [-0.1, -0.05) is 33.6 Å². The fraction of sp³-hybridized carbons (Fsp3) is 0.350. The van der Waals surface area contributed by atoms with E-state index in [0.717, 1.165) is 6.07 Å². The number of rotatable bonds is 8. The van der Waals surface area contributed by atoms with Gasteiger partial charge in [0, 0.05) is 27.8 Å². The fourth-order valence-corrected chi connectivity index (χ4v) is 4.30. The predicted molar refractivity (Wildman–Crippen MR) is 124 cm³/mol. The summed E-state index contributed by atoms with van der Waals surface area (Å²) in [5, 5.41) is 23.5. The molecule has 7 nitrogen and oxygen atoms in total. The van der Waals surface area contributed by atoms with Crippen molar-refractivity contribution in [2.45, 2.75) is 44.0 Å². The molecule has 0 saturated carbocycles. The Balaban J connectivity index is 2.51. The van der Waals surface area contributed by atoms with Gasteiger partial charge in [0.2, 0.25) is 0 Å². The van der Waals surface area contributed by atoms with Crippen molar-refractivity contribution in [3.05, 3.63) is 67.1 Å². The van der Waals surface area contributed by atoms with Gasteiger partial charge in [-0.05, 0) is 39.0 Å². The van der Waals surface area contributed by atoms with Gasteiger partial charge in [0.25, 0.3) is 5.69 Å². The van der Waals surface area contributed by atoms with Gasteiger partial charge >= 0.3 is 0 Å². The number of nitrogens with one attached hydrogen (secondary N) is 2. The largest absolute Gasteiger partial charge is 0.598 e. The van der Waals surface area contributed by atoms with Gasteiger partial charge in [-0.3, -0.25) is 10.1 Å². The molecule has 2 rings (SSSR count). The maximum Gasteiger partial charge on any atom is 0.295 e. The number of nitro groups is 1. The zero-order valence-corrected chi connectivity index (χ0v) is 20.4. The van der Waals surface area contributed by atoms with Crippen LogP contribution >= 0.6 is 27.5 Å². The van der Waals surface area contributed by atoms with Crippen LogP contribution in [-0.4, -0.2) is 20.3 Å². The predicted octanol–water partition coefficient (Wildman–Crippen LogP) is 5.78. The number of hydrogen-bond donors (Lipinski definition) is 2. The third-order valence-corrected chi connectivity index (χ3v) is 6.94. The Kier molecular flexibility index (Phi) is 8.84. The van der Waals surface area contributed by atoms with Gasteiger partial charge in [-0.15, -0.1) is 4.72 Å². The van der Waals surface area contributed by atoms with Crippen molar-refractivity contribution < 1.29 is 18.3 Å². The van der Waals surface area contributed by atoms with Gasteiger partial charge in [-0.25, -0.2) is 8.78 Å². The number of anilines is 1. The number of halogens is 4. The van der Waals surface area contributed by atoms with Gasteiger partial charge in [0.15, 0.2) is 0 Å². The van der Waals surface area contributed by atoms with Crippen LogP contribution < -0.4 is 10.0 Å². The second-order valence-electron chi connectivity index (χ2n) is 7.79. The molecule has 3 atom stereocenters. The van der Waals surface area contributed by atoms with Crippen molar-refractivity contribution in [2.75, 3.05) is 5.32 Å². The first-order valence-electron chi connectivity index (χ1n) is 9.26. The Morgan fingerprint density at radius 2 is 1.97 bits per heavy atom. The number of nitriles is 1. The van der Waals surface area contributed by atoms with Gasteiger partial charge in [-0.2, -0.15) is 5.26 Å². The van der Waals surface area contributed by atoms with Crippen LogP contribution in [-0.2, 0) is 11.4 Å². The van der Waals surface area contributed by atoms with E-state index < -0.39 is 50.4 Å². The van der Waals surface area contributed by atoms with E-state index in [4.69, 9.17) is 11.6 Å². The molecular formula is C20H20BrClF2N4O3S. The maximum atomic E-state index is 14.8. The van der Waals surface area contributed by atoms with E-state index in [1.165, 1.54) is 12.1 Å². The Morgan fingerprint density at radius 1 is 1.31 bits per heavy atom. The van der Waals surface area contributed by atoms with E-state index in [-0.39, 0.29) is 22.7 Å².